The molecule has 1 atom stereocenters. The molecule has 0 saturated heterocycles. The van der Waals surface area contributed by atoms with Gasteiger partial charge in [-0.3, -0.25) is 9.36 Å². The van der Waals surface area contributed by atoms with Gasteiger partial charge in [0.15, 0.2) is 0 Å². The molecule has 2 rings (SSSR count). The molecule has 0 aliphatic rings. The first-order valence-electron chi connectivity index (χ1n) is 7.22. The Morgan fingerprint density at radius 1 is 1.33 bits per heavy atom. The molecule has 0 aliphatic heterocycles. The van der Waals surface area contributed by atoms with E-state index in [1.54, 1.807) is 10.9 Å². The third-order valence-electron chi connectivity index (χ3n) is 3.88. The van der Waals surface area contributed by atoms with Crippen LogP contribution < -0.4 is 0 Å². The van der Waals surface area contributed by atoms with Gasteiger partial charge in [-0.1, -0.05) is 45.9 Å². The van der Waals surface area contributed by atoms with Crippen LogP contribution >= 0.6 is 0 Å². The molecule has 0 spiro atoms. The van der Waals surface area contributed by atoms with Crippen molar-refractivity contribution in [1.29, 1.82) is 0 Å². The van der Waals surface area contributed by atoms with Gasteiger partial charge in [0.25, 0.3) is 0 Å². The number of aromatic nitrogens is 2. The summed E-state index contributed by atoms with van der Waals surface area (Å²) in [5.41, 5.74) is 3.91. The van der Waals surface area contributed by atoms with E-state index in [9.17, 15) is 4.79 Å². The van der Waals surface area contributed by atoms with Crippen LogP contribution in [0.5, 0.6) is 0 Å². The maximum atomic E-state index is 12.3. The van der Waals surface area contributed by atoms with Crippen molar-refractivity contribution in [2.45, 2.75) is 40.5 Å². The number of rotatable bonds is 2. The second kappa shape index (κ2) is 5.47. The molecule has 111 valence electrons. The summed E-state index contributed by atoms with van der Waals surface area (Å²) in [6, 6.07) is 6.12. The highest BCUT2D eigenvalue weighted by atomic mass is 16.2. The number of imidazole rings is 1. The Kier molecular flexibility index (Phi) is 4.04. The van der Waals surface area contributed by atoms with Crippen LogP contribution in [0, 0.1) is 19.3 Å². The number of hydrogen-bond acceptors (Lipinski definition) is 2. The van der Waals surface area contributed by atoms with Crippen molar-refractivity contribution in [3.8, 4) is 0 Å². The zero-order valence-corrected chi connectivity index (χ0v) is 13.5. The lowest BCUT2D eigenvalue weighted by molar-refractivity contribution is 0.0766. The van der Waals surface area contributed by atoms with Gasteiger partial charge in [-0.05, 0) is 30.5 Å². The highest BCUT2D eigenvalue weighted by molar-refractivity contribution is 5.83. The van der Waals surface area contributed by atoms with E-state index in [0.29, 0.717) is 0 Å². The Labute approximate surface area is 127 Å². The fourth-order valence-electron chi connectivity index (χ4n) is 2.39. The Hall–Kier alpha value is -1.90. The first-order chi connectivity index (χ1) is 9.71. The SMILES string of the molecule is [CH2]c1cccc([C@H](C)c2cn(C(=O)C(C)(C)C)cn2)c1C. The molecule has 3 nitrogen and oxygen atoms in total. The summed E-state index contributed by atoms with van der Waals surface area (Å²) < 4.78 is 1.59. The van der Waals surface area contributed by atoms with Crippen LogP contribution in [0.2, 0.25) is 0 Å². The zero-order valence-electron chi connectivity index (χ0n) is 13.5. The van der Waals surface area contributed by atoms with E-state index in [2.05, 4.69) is 31.8 Å². The minimum Gasteiger partial charge on any atom is -0.276 e. The number of hydrogen-bond donors (Lipinski definition) is 0. The molecule has 21 heavy (non-hydrogen) atoms. The van der Waals surface area contributed by atoms with Crippen LogP contribution in [-0.2, 0) is 0 Å². The number of benzene rings is 1. The van der Waals surface area contributed by atoms with Crippen molar-refractivity contribution in [2.24, 2.45) is 5.41 Å². The smallest absolute Gasteiger partial charge is 0.237 e. The van der Waals surface area contributed by atoms with Crippen LogP contribution in [0.25, 0.3) is 0 Å². The van der Waals surface area contributed by atoms with Crippen LogP contribution in [0.3, 0.4) is 0 Å². The Bertz CT molecular complexity index is 662. The number of nitrogens with zero attached hydrogens (tertiary/aromatic N) is 2. The minimum atomic E-state index is -0.412. The van der Waals surface area contributed by atoms with Gasteiger partial charge < -0.3 is 0 Å². The van der Waals surface area contributed by atoms with Gasteiger partial charge in [0.2, 0.25) is 5.91 Å². The molecular formula is C18H23N2O. The van der Waals surface area contributed by atoms with Gasteiger partial charge in [-0.2, -0.15) is 0 Å². The molecular weight excluding hydrogens is 260 g/mol. The van der Waals surface area contributed by atoms with Crippen LogP contribution in [0.1, 0.15) is 60.8 Å². The summed E-state index contributed by atoms with van der Waals surface area (Å²) in [5, 5.41) is 0. The summed E-state index contributed by atoms with van der Waals surface area (Å²) in [6.45, 7) is 14.0. The van der Waals surface area contributed by atoms with E-state index in [1.165, 1.54) is 11.1 Å². The second-order valence-electron chi connectivity index (χ2n) is 6.61. The first-order valence-corrected chi connectivity index (χ1v) is 7.22. The third-order valence-corrected chi connectivity index (χ3v) is 3.88. The van der Waals surface area contributed by atoms with Crippen LogP contribution in [0.4, 0.5) is 0 Å². The van der Waals surface area contributed by atoms with Crippen molar-refractivity contribution in [1.82, 2.24) is 9.55 Å². The Morgan fingerprint density at radius 3 is 2.62 bits per heavy atom. The van der Waals surface area contributed by atoms with Crippen molar-refractivity contribution in [2.75, 3.05) is 0 Å². The molecule has 1 heterocycles. The van der Waals surface area contributed by atoms with Gasteiger partial charge in [-0.25, -0.2) is 4.98 Å². The maximum absolute atomic E-state index is 12.3. The van der Waals surface area contributed by atoms with Crippen molar-refractivity contribution in [3.63, 3.8) is 0 Å². The van der Waals surface area contributed by atoms with E-state index >= 15 is 0 Å². The standard InChI is InChI=1S/C18H23N2O/c1-12-8-7-9-15(13(12)2)14(3)16-10-20(11-19-16)17(21)18(4,5)6/h7-11,14H,1H2,2-6H3/t14-/m0/s1. The Morgan fingerprint density at radius 2 is 2.00 bits per heavy atom. The molecule has 0 unspecified atom stereocenters. The van der Waals surface area contributed by atoms with Crippen LogP contribution in [0.15, 0.2) is 30.7 Å². The fourth-order valence-corrected chi connectivity index (χ4v) is 2.39. The minimum absolute atomic E-state index is 0.0519. The van der Waals surface area contributed by atoms with Crippen molar-refractivity contribution in [3.05, 3.63) is 60.0 Å². The molecule has 0 N–H and O–H groups in total. The van der Waals surface area contributed by atoms with Gasteiger partial charge in [-0.15, -0.1) is 0 Å². The van der Waals surface area contributed by atoms with Gasteiger partial charge in [0.05, 0.1) is 5.69 Å². The lowest BCUT2D eigenvalue weighted by atomic mass is 9.91. The van der Waals surface area contributed by atoms with E-state index in [1.807, 2.05) is 39.1 Å². The molecule has 0 amide bonds. The largest absolute Gasteiger partial charge is 0.276 e. The maximum Gasteiger partial charge on any atom is 0.237 e. The predicted molar refractivity (Wildman–Crippen MR) is 85.5 cm³/mol. The summed E-state index contributed by atoms with van der Waals surface area (Å²) in [5.74, 6) is 0.191. The van der Waals surface area contributed by atoms with Crippen molar-refractivity contribution < 1.29 is 4.79 Å². The van der Waals surface area contributed by atoms with E-state index in [4.69, 9.17) is 0 Å². The fraction of sp³-hybridized carbons (Fsp3) is 0.389. The topological polar surface area (TPSA) is 34.9 Å². The first kappa shape index (κ1) is 15.5. The quantitative estimate of drug-likeness (QED) is 0.827. The molecule has 0 fully saturated rings. The van der Waals surface area contributed by atoms with Gasteiger partial charge in [0.1, 0.15) is 6.33 Å². The molecule has 0 aliphatic carbocycles. The predicted octanol–water partition coefficient (Wildman–Crippen LogP) is 4.21. The normalized spacial score (nSPS) is 13.2. The average molecular weight is 283 g/mol. The zero-order chi connectivity index (χ0) is 15.8. The lowest BCUT2D eigenvalue weighted by Gasteiger charge is -2.16. The molecule has 3 heteroatoms. The highest BCUT2D eigenvalue weighted by Crippen LogP contribution is 2.27. The van der Waals surface area contributed by atoms with Crippen LogP contribution in [-0.4, -0.2) is 15.5 Å². The van der Waals surface area contributed by atoms with Crippen molar-refractivity contribution >= 4 is 5.91 Å². The summed E-state index contributed by atoms with van der Waals surface area (Å²) in [6.07, 6.45) is 3.45. The average Bonchev–Trinajstić information content (AvgIpc) is 2.88. The molecule has 0 saturated carbocycles. The highest BCUT2D eigenvalue weighted by Gasteiger charge is 2.24. The molecule has 1 aromatic heterocycles. The molecule has 0 bridgehead atoms. The van der Waals surface area contributed by atoms with E-state index in [-0.39, 0.29) is 11.8 Å². The lowest BCUT2D eigenvalue weighted by Crippen LogP contribution is -2.25. The monoisotopic (exact) mass is 283 g/mol. The summed E-state index contributed by atoms with van der Waals surface area (Å²) in [4.78, 5) is 16.7. The van der Waals surface area contributed by atoms with Gasteiger partial charge in [0, 0.05) is 17.5 Å². The Balaban J connectivity index is 2.33. The number of carbonyl (C=O) groups excluding carboxylic acids is 1. The summed E-state index contributed by atoms with van der Waals surface area (Å²) >= 11 is 0. The molecule has 1 radical (unpaired) electrons. The van der Waals surface area contributed by atoms with Gasteiger partial charge >= 0.3 is 0 Å². The second-order valence-corrected chi connectivity index (χ2v) is 6.61. The molecule has 2 aromatic rings. The summed E-state index contributed by atoms with van der Waals surface area (Å²) in [7, 11) is 0. The van der Waals surface area contributed by atoms with E-state index in [0.717, 1.165) is 11.3 Å². The third kappa shape index (κ3) is 3.07. The number of carbonyl (C=O) groups is 1. The molecule has 1 aromatic carbocycles. The van der Waals surface area contributed by atoms with E-state index < -0.39 is 5.41 Å².